The fourth-order valence-electron chi connectivity index (χ4n) is 12.9. The molecular weight excluding hydrogens is 1130 g/mol. The van der Waals surface area contributed by atoms with Gasteiger partial charge in [0.05, 0.1) is 27.7 Å². The number of hydrogen-bond donors (Lipinski definition) is 0. The minimum Gasteiger partial charge on any atom is -0.756 e. The van der Waals surface area contributed by atoms with Crippen molar-refractivity contribution in [3.05, 3.63) is 0 Å². The maximum atomic E-state index is 12.9. The lowest BCUT2D eigenvalue weighted by molar-refractivity contribution is -0.870. The number of carbonyl (C=O) groups excluding carboxylic acids is 2. The van der Waals surface area contributed by atoms with Crippen LogP contribution in [0.1, 0.15) is 450 Å². The van der Waals surface area contributed by atoms with Gasteiger partial charge in [-0.1, -0.05) is 425 Å². The summed E-state index contributed by atoms with van der Waals surface area (Å²) in [5.41, 5.74) is 0. The lowest BCUT2D eigenvalue weighted by Crippen LogP contribution is -2.37. The van der Waals surface area contributed by atoms with Crippen LogP contribution in [0.3, 0.4) is 0 Å². The van der Waals surface area contributed by atoms with Crippen molar-refractivity contribution in [3.63, 3.8) is 0 Å². The molecule has 0 spiro atoms. The van der Waals surface area contributed by atoms with E-state index in [9.17, 15) is 19.0 Å². The van der Waals surface area contributed by atoms with Crippen molar-refractivity contribution in [2.45, 2.75) is 457 Å². The highest BCUT2D eigenvalue weighted by atomic mass is 31.2. The predicted molar refractivity (Wildman–Crippen MR) is 389 cm³/mol. The predicted octanol–water partition coefficient (Wildman–Crippen LogP) is 26.2. The molecular formula is C80H160NO8P. The van der Waals surface area contributed by atoms with E-state index in [1.165, 1.54) is 385 Å². The first-order valence-corrected chi connectivity index (χ1v) is 42.2. The highest BCUT2D eigenvalue weighted by Crippen LogP contribution is 2.38. The molecule has 538 valence electrons. The van der Waals surface area contributed by atoms with Gasteiger partial charge in [0.15, 0.2) is 6.10 Å². The van der Waals surface area contributed by atoms with Crippen molar-refractivity contribution in [2.75, 3.05) is 47.5 Å². The smallest absolute Gasteiger partial charge is 0.306 e. The summed E-state index contributed by atoms with van der Waals surface area (Å²) in [6, 6.07) is 0. The fourth-order valence-corrected chi connectivity index (χ4v) is 13.6. The zero-order chi connectivity index (χ0) is 65.5. The molecule has 0 aliphatic carbocycles. The van der Waals surface area contributed by atoms with Crippen LogP contribution in [0.2, 0.25) is 0 Å². The summed E-state index contributed by atoms with van der Waals surface area (Å²) in [5.74, 6) is -0.800. The zero-order valence-corrected chi connectivity index (χ0v) is 62.5. The van der Waals surface area contributed by atoms with Crippen molar-refractivity contribution < 1.29 is 42.1 Å². The van der Waals surface area contributed by atoms with Crippen molar-refractivity contribution >= 4 is 19.8 Å². The van der Waals surface area contributed by atoms with Gasteiger partial charge in [-0.05, 0) is 12.8 Å². The van der Waals surface area contributed by atoms with Crippen LogP contribution in [-0.2, 0) is 32.7 Å². The van der Waals surface area contributed by atoms with E-state index in [0.717, 1.165) is 32.1 Å². The highest BCUT2D eigenvalue weighted by molar-refractivity contribution is 7.45. The third-order valence-corrected chi connectivity index (χ3v) is 20.1. The van der Waals surface area contributed by atoms with Gasteiger partial charge in [0.2, 0.25) is 0 Å². The summed E-state index contributed by atoms with van der Waals surface area (Å²) in [4.78, 5) is 38.2. The zero-order valence-electron chi connectivity index (χ0n) is 61.6. The molecule has 0 N–H and O–H groups in total. The van der Waals surface area contributed by atoms with Gasteiger partial charge < -0.3 is 27.9 Å². The van der Waals surface area contributed by atoms with E-state index in [4.69, 9.17) is 18.5 Å². The van der Waals surface area contributed by atoms with Gasteiger partial charge in [0, 0.05) is 12.8 Å². The van der Waals surface area contributed by atoms with Crippen LogP contribution >= 0.6 is 7.82 Å². The quantitative estimate of drug-likeness (QED) is 0.0256. The van der Waals surface area contributed by atoms with Gasteiger partial charge in [0.1, 0.15) is 19.8 Å². The standard InChI is InChI=1S/C80H160NO8P/c1-6-8-10-12-14-16-18-20-22-24-26-28-30-32-34-36-38-40-42-44-46-48-50-52-54-56-58-60-62-64-66-68-70-72-79(82)86-76-78(77-88-90(84,85)87-75-74-81(3,4)5)89-80(83)73-71-69-67-65-63-61-59-57-55-53-51-49-47-45-43-41-39-37-35-33-31-29-27-25-23-21-19-17-15-13-11-9-7-2/h78H,6-77H2,1-5H3/t78-/m1/s1. The van der Waals surface area contributed by atoms with Crippen LogP contribution in [0.4, 0.5) is 0 Å². The molecule has 1 unspecified atom stereocenters. The molecule has 0 bridgehead atoms. The SMILES string of the molecule is CCCCCCCCCCCCCCCCCCCCCCCCCCCCCCCCCCCC(=O)OC[C@H](COP(=O)([O-])OCC[N+](C)(C)C)OC(=O)CCCCCCCCCCCCCCCCCCCCCCCCCCCCCCCCCCC. The first kappa shape index (κ1) is 89.0. The molecule has 0 saturated carbocycles. The van der Waals surface area contributed by atoms with E-state index in [-0.39, 0.29) is 32.0 Å². The Hall–Kier alpha value is -0.990. The Kier molecular flexibility index (Phi) is 71.5. The number of ether oxygens (including phenoxy) is 2. The fraction of sp³-hybridized carbons (Fsp3) is 0.975. The molecule has 90 heavy (non-hydrogen) atoms. The molecule has 9 nitrogen and oxygen atoms in total. The van der Waals surface area contributed by atoms with Gasteiger partial charge in [-0.15, -0.1) is 0 Å². The normalized spacial score (nSPS) is 12.9. The van der Waals surface area contributed by atoms with E-state index in [0.29, 0.717) is 17.4 Å². The van der Waals surface area contributed by atoms with Gasteiger partial charge in [-0.2, -0.15) is 0 Å². The minimum absolute atomic E-state index is 0.0246. The number of phosphoric ester groups is 1. The van der Waals surface area contributed by atoms with Gasteiger partial charge in [-0.3, -0.25) is 14.2 Å². The van der Waals surface area contributed by atoms with Crippen LogP contribution in [0, 0.1) is 0 Å². The summed E-state index contributed by atoms with van der Waals surface area (Å²) in [6.45, 7) is 4.35. The lowest BCUT2D eigenvalue weighted by Gasteiger charge is -2.28. The Morgan fingerprint density at radius 1 is 0.300 bits per heavy atom. The summed E-state index contributed by atoms with van der Waals surface area (Å²) in [6.07, 6.45) is 89.6. The van der Waals surface area contributed by atoms with Crippen LogP contribution in [0.15, 0.2) is 0 Å². The summed E-state index contributed by atoms with van der Waals surface area (Å²) >= 11 is 0. The number of unbranched alkanes of at least 4 members (excludes halogenated alkanes) is 64. The Labute approximate surface area is 563 Å². The number of carbonyl (C=O) groups is 2. The van der Waals surface area contributed by atoms with E-state index in [1.54, 1.807) is 0 Å². The molecule has 0 amide bonds. The summed E-state index contributed by atoms with van der Waals surface area (Å²) in [5, 5.41) is 0. The Morgan fingerprint density at radius 3 is 0.711 bits per heavy atom. The molecule has 0 aromatic heterocycles. The molecule has 0 radical (unpaired) electrons. The third-order valence-electron chi connectivity index (χ3n) is 19.1. The second kappa shape index (κ2) is 72.3. The summed E-state index contributed by atoms with van der Waals surface area (Å²) in [7, 11) is 1.20. The van der Waals surface area contributed by atoms with Crippen molar-refractivity contribution in [1.82, 2.24) is 0 Å². The molecule has 0 heterocycles. The van der Waals surface area contributed by atoms with Crippen LogP contribution < -0.4 is 4.89 Å². The molecule has 0 fully saturated rings. The van der Waals surface area contributed by atoms with E-state index >= 15 is 0 Å². The van der Waals surface area contributed by atoms with Crippen LogP contribution in [0.25, 0.3) is 0 Å². The monoisotopic (exact) mass is 1290 g/mol. The lowest BCUT2D eigenvalue weighted by atomic mass is 10.0. The Morgan fingerprint density at radius 2 is 0.500 bits per heavy atom. The van der Waals surface area contributed by atoms with Gasteiger partial charge in [0.25, 0.3) is 7.82 Å². The topological polar surface area (TPSA) is 111 Å². The largest absolute Gasteiger partial charge is 0.756 e. The average Bonchev–Trinajstić information content (AvgIpc) is 3.56. The maximum Gasteiger partial charge on any atom is 0.306 e. The van der Waals surface area contributed by atoms with E-state index < -0.39 is 26.5 Å². The van der Waals surface area contributed by atoms with Crippen molar-refractivity contribution in [1.29, 1.82) is 0 Å². The first-order valence-electron chi connectivity index (χ1n) is 40.7. The molecule has 0 rings (SSSR count). The van der Waals surface area contributed by atoms with Crippen LogP contribution in [-0.4, -0.2) is 70.0 Å². The average molecular weight is 1300 g/mol. The molecule has 0 aliphatic heterocycles. The Balaban J connectivity index is 3.88. The number of quaternary nitrogens is 1. The Bertz CT molecular complexity index is 1470. The van der Waals surface area contributed by atoms with Crippen molar-refractivity contribution in [2.24, 2.45) is 0 Å². The third kappa shape index (κ3) is 76.0. The number of nitrogens with zero attached hydrogens (tertiary/aromatic N) is 1. The molecule has 0 saturated heterocycles. The molecule has 0 aromatic carbocycles. The molecule has 0 aromatic rings. The maximum absolute atomic E-state index is 12.9. The molecule has 2 atom stereocenters. The second-order valence-corrected chi connectivity index (χ2v) is 30.9. The van der Waals surface area contributed by atoms with Gasteiger partial charge >= 0.3 is 11.9 Å². The number of rotatable bonds is 78. The number of likely N-dealkylation sites (N-methyl/N-ethyl adjacent to an activating group) is 1. The van der Waals surface area contributed by atoms with Gasteiger partial charge in [-0.25, -0.2) is 0 Å². The van der Waals surface area contributed by atoms with Crippen LogP contribution in [0.5, 0.6) is 0 Å². The molecule has 0 aliphatic rings. The first-order chi connectivity index (χ1) is 44.0. The number of esters is 2. The van der Waals surface area contributed by atoms with E-state index in [1.807, 2.05) is 21.1 Å². The summed E-state index contributed by atoms with van der Waals surface area (Å²) < 4.78 is 34.4. The highest BCUT2D eigenvalue weighted by Gasteiger charge is 2.22. The number of phosphoric acid groups is 1. The van der Waals surface area contributed by atoms with Crippen molar-refractivity contribution in [3.8, 4) is 0 Å². The van der Waals surface area contributed by atoms with E-state index in [2.05, 4.69) is 13.8 Å². The second-order valence-electron chi connectivity index (χ2n) is 29.5. The minimum atomic E-state index is -4.64. The number of hydrogen-bond acceptors (Lipinski definition) is 8. The molecule has 10 heteroatoms.